The summed E-state index contributed by atoms with van der Waals surface area (Å²) in [7, 11) is 0. The molecule has 2 rings (SSSR count). The fourth-order valence-corrected chi connectivity index (χ4v) is 2.87. The number of benzene rings is 1. The van der Waals surface area contributed by atoms with Crippen LogP contribution in [0.2, 0.25) is 0 Å². The number of rotatable bonds is 4. The lowest BCUT2D eigenvalue weighted by Crippen LogP contribution is -2.42. The van der Waals surface area contributed by atoms with Crippen LogP contribution in [-0.2, 0) is 11.3 Å². The topological polar surface area (TPSA) is 41.6 Å². The van der Waals surface area contributed by atoms with Gasteiger partial charge in [-0.25, -0.2) is 4.79 Å². The molecule has 0 saturated carbocycles. The summed E-state index contributed by atoms with van der Waals surface area (Å²) in [5.41, 5.74) is 0.898. The van der Waals surface area contributed by atoms with Gasteiger partial charge < -0.3 is 10.1 Å². The predicted octanol–water partition coefficient (Wildman–Crippen LogP) is 3.42. The van der Waals surface area contributed by atoms with Crippen LogP contribution in [0.1, 0.15) is 39.7 Å². The number of alkyl carbamates (subject to hydrolysis) is 1. The minimum Gasteiger partial charge on any atom is -0.444 e. The van der Waals surface area contributed by atoms with E-state index >= 15 is 0 Å². The van der Waals surface area contributed by atoms with E-state index in [-0.39, 0.29) is 12.1 Å². The maximum Gasteiger partial charge on any atom is 0.407 e. The molecule has 1 saturated heterocycles. The first kappa shape index (κ1) is 16.8. The van der Waals surface area contributed by atoms with Gasteiger partial charge in [0.2, 0.25) is 0 Å². The molecule has 1 aromatic rings. The average molecular weight is 304 g/mol. The van der Waals surface area contributed by atoms with Gasteiger partial charge in [-0.05, 0) is 52.1 Å². The quantitative estimate of drug-likeness (QED) is 0.926. The molecule has 4 nitrogen and oxygen atoms in total. The van der Waals surface area contributed by atoms with Crippen molar-refractivity contribution in [2.45, 2.75) is 52.3 Å². The molecule has 0 spiro atoms. The van der Waals surface area contributed by atoms with Crippen molar-refractivity contribution in [2.75, 3.05) is 13.1 Å². The minimum atomic E-state index is -0.446. The Morgan fingerprint density at radius 3 is 2.68 bits per heavy atom. The maximum atomic E-state index is 11.9. The molecule has 1 aromatic carbocycles. The number of carbonyl (C=O) groups is 1. The van der Waals surface area contributed by atoms with Gasteiger partial charge in [0.25, 0.3) is 0 Å². The first-order chi connectivity index (χ1) is 10.3. The molecule has 2 atom stereocenters. The highest BCUT2D eigenvalue weighted by molar-refractivity contribution is 5.68. The Balaban J connectivity index is 1.78. The largest absolute Gasteiger partial charge is 0.444 e. The number of nitrogens with zero attached hydrogens (tertiary/aromatic N) is 1. The van der Waals surface area contributed by atoms with Crippen LogP contribution in [0.3, 0.4) is 0 Å². The van der Waals surface area contributed by atoms with E-state index in [1.54, 1.807) is 0 Å². The second kappa shape index (κ2) is 7.14. The zero-order valence-corrected chi connectivity index (χ0v) is 14.1. The van der Waals surface area contributed by atoms with E-state index in [0.717, 1.165) is 26.1 Å². The number of hydrogen-bond donors (Lipinski definition) is 1. The summed E-state index contributed by atoms with van der Waals surface area (Å²) < 4.78 is 5.33. The van der Waals surface area contributed by atoms with Gasteiger partial charge in [-0.2, -0.15) is 0 Å². The van der Waals surface area contributed by atoms with Crippen LogP contribution in [0.5, 0.6) is 0 Å². The standard InChI is InChI=1S/C18H28N2O2/c1-14(19-17(21)22-18(2,3)4)16-10-11-20(13-16)12-15-8-6-5-7-9-15/h5-9,14,16H,10-13H2,1-4H3,(H,19,21)/t14-,16-/m0/s1. The number of amides is 1. The summed E-state index contributed by atoms with van der Waals surface area (Å²) >= 11 is 0. The smallest absolute Gasteiger partial charge is 0.407 e. The molecular formula is C18H28N2O2. The lowest BCUT2D eigenvalue weighted by molar-refractivity contribution is 0.0492. The van der Waals surface area contributed by atoms with Crippen LogP contribution in [0.4, 0.5) is 4.79 Å². The molecule has 1 fully saturated rings. The summed E-state index contributed by atoms with van der Waals surface area (Å²) in [6.07, 6.45) is 0.797. The van der Waals surface area contributed by atoms with E-state index in [9.17, 15) is 4.79 Å². The lowest BCUT2D eigenvalue weighted by atomic mass is 10.0. The van der Waals surface area contributed by atoms with E-state index in [1.165, 1.54) is 5.56 Å². The Morgan fingerprint density at radius 1 is 1.36 bits per heavy atom. The summed E-state index contributed by atoms with van der Waals surface area (Å²) in [6.45, 7) is 10.8. The highest BCUT2D eigenvalue weighted by atomic mass is 16.6. The fraction of sp³-hybridized carbons (Fsp3) is 0.611. The van der Waals surface area contributed by atoms with Crippen molar-refractivity contribution < 1.29 is 9.53 Å². The number of hydrogen-bond acceptors (Lipinski definition) is 3. The molecule has 4 heteroatoms. The van der Waals surface area contributed by atoms with Crippen LogP contribution in [0.15, 0.2) is 30.3 Å². The number of ether oxygens (including phenoxy) is 1. The van der Waals surface area contributed by atoms with E-state index in [0.29, 0.717) is 5.92 Å². The normalized spacial score (nSPS) is 20.6. The van der Waals surface area contributed by atoms with E-state index in [4.69, 9.17) is 4.74 Å². The molecule has 1 aliphatic heterocycles. The van der Waals surface area contributed by atoms with E-state index in [1.807, 2.05) is 26.8 Å². The summed E-state index contributed by atoms with van der Waals surface area (Å²) in [4.78, 5) is 14.3. The van der Waals surface area contributed by atoms with Gasteiger partial charge in [-0.3, -0.25) is 4.90 Å². The van der Waals surface area contributed by atoms with Crippen molar-refractivity contribution in [3.63, 3.8) is 0 Å². The first-order valence-electron chi connectivity index (χ1n) is 8.09. The van der Waals surface area contributed by atoms with Gasteiger partial charge in [-0.15, -0.1) is 0 Å². The molecular weight excluding hydrogens is 276 g/mol. The third-order valence-electron chi connectivity index (χ3n) is 4.01. The predicted molar refractivity (Wildman–Crippen MR) is 88.7 cm³/mol. The second-order valence-electron chi connectivity index (χ2n) is 7.20. The Morgan fingerprint density at radius 2 is 2.05 bits per heavy atom. The number of carbonyl (C=O) groups excluding carboxylic acids is 1. The SMILES string of the molecule is C[C@H](NC(=O)OC(C)(C)C)[C@H]1CCN(Cc2ccccc2)C1. The second-order valence-corrected chi connectivity index (χ2v) is 7.20. The molecule has 22 heavy (non-hydrogen) atoms. The van der Waals surface area contributed by atoms with Crippen molar-refractivity contribution in [3.05, 3.63) is 35.9 Å². The molecule has 0 unspecified atom stereocenters. The summed E-state index contributed by atoms with van der Waals surface area (Å²) in [5.74, 6) is 0.483. The van der Waals surface area contributed by atoms with Crippen LogP contribution < -0.4 is 5.32 Å². The monoisotopic (exact) mass is 304 g/mol. The van der Waals surface area contributed by atoms with Gasteiger partial charge in [0.05, 0.1) is 0 Å². The number of nitrogens with one attached hydrogen (secondary N) is 1. The van der Waals surface area contributed by atoms with Crippen LogP contribution >= 0.6 is 0 Å². The molecule has 0 aliphatic carbocycles. The van der Waals surface area contributed by atoms with Gasteiger partial charge >= 0.3 is 6.09 Å². The zero-order chi connectivity index (χ0) is 16.2. The first-order valence-corrected chi connectivity index (χ1v) is 8.09. The van der Waals surface area contributed by atoms with Gasteiger partial charge in [0.1, 0.15) is 5.60 Å². The Kier molecular flexibility index (Phi) is 5.46. The Hall–Kier alpha value is -1.55. The third-order valence-corrected chi connectivity index (χ3v) is 4.01. The zero-order valence-electron chi connectivity index (χ0n) is 14.1. The third kappa shape index (κ3) is 5.34. The molecule has 1 aliphatic rings. The maximum absolute atomic E-state index is 11.9. The lowest BCUT2D eigenvalue weighted by Gasteiger charge is -2.25. The van der Waals surface area contributed by atoms with Crippen molar-refractivity contribution >= 4 is 6.09 Å². The van der Waals surface area contributed by atoms with Crippen LogP contribution in [-0.4, -0.2) is 35.7 Å². The van der Waals surface area contributed by atoms with Crippen molar-refractivity contribution in [2.24, 2.45) is 5.92 Å². The highest BCUT2D eigenvalue weighted by Gasteiger charge is 2.29. The molecule has 0 aromatic heterocycles. The van der Waals surface area contributed by atoms with Gasteiger partial charge in [0, 0.05) is 19.1 Å². The summed E-state index contributed by atoms with van der Waals surface area (Å²) in [5, 5.41) is 2.97. The Bertz CT molecular complexity index is 482. The van der Waals surface area contributed by atoms with E-state index in [2.05, 4.69) is 41.4 Å². The van der Waals surface area contributed by atoms with Gasteiger partial charge in [-0.1, -0.05) is 30.3 Å². The van der Waals surface area contributed by atoms with Crippen LogP contribution in [0.25, 0.3) is 0 Å². The van der Waals surface area contributed by atoms with Crippen molar-refractivity contribution in [1.29, 1.82) is 0 Å². The molecule has 122 valence electrons. The van der Waals surface area contributed by atoms with E-state index < -0.39 is 5.60 Å². The molecule has 0 radical (unpaired) electrons. The molecule has 1 amide bonds. The molecule has 1 N–H and O–H groups in total. The highest BCUT2D eigenvalue weighted by Crippen LogP contribution is 2.22. The van der Waals surface area contributed by atoms with Gasteiger partial charge in [0.15, 0.2) is 0 Å². The van der Waals surface area contributed by atoms with Crippen molar-refractivity contribution in [1.82, 2.24) is 10.2 Å². The molecule has 1 heterocycles. The van der Waals surface area contributed by atoms with Crippen LogP contribution in [0, 0.1) is 5.92 Å². The Labute approximate surface area is 133 Å². The van der Waals surface area contributed by atoms with Crippen molar-refractivity contribution in [3.8, 4) is 0 Å². The minimum absolute atomic E-state index is 0.135. The molecule has 0 bridgehead atoms. The average Bonchev–Trinajstić information content (AvgIpc) is 2.86. The fourth-order valence-electron chi connectivity index (χ4n) is 2.87. The summed E-state index contributed by atoms with van der Waals surface area (Å²) in [6, 6.07) is 10.7. The number of likely N-dealkylation sites (tertiary alicyclic amines) is 1.